The number of carbonyl (C=O) groups excluding carboxylic acids is 1. The van der Waals surface area contributed by atoms with Crippen molar-refractivity contribution in [2.75, 3.05) is 44.3 Å². The average Bonchev–Trinajstić information content (AvgIpc) is 3.33. The van der Waals surface area contributed by atoms with Gasteiger partial charge in [-0.05, 0) is 67.8 Å². The van der Waals surface area contributed by atoms with Gasteiger partial charge in [-0.1, -0.05) is 17.7 Å². The van der Waals surface area contributed by atoms with Gasteiger partial charge in [0.25, 0.3) is 5.92 Å². The number of ether oxygens (including phenoxy) is 2. The molecular formula is C28H29ClF2N4O3. The van der Waals surface area contributed by atoms with Gasteiger partial charge in [0.1, 0.15) is 17.9 Å². The Labute approximate surface area is 225 Å². The summed E-state index contributed by atoms with van der Waals surface area (Å²) in [5.74, 6) is -3.07. The van der Waals surface area contributed by atoms with Gasteiger partial charge in [-0.15, -0.1) is 0 Å². The summed E-state index contributed by atoms with van der Waals surface area (Å²) >= 11 is 6.22. The van der Waals surface area contributed by atoms with E-state index in [1.54, 1.807) is 18.2 Å². The second kappa shape index (κ2) is 11.7. The highest BCUT2D eigenvalue weighted by Gasteiger charge is 2.26. The fourth-order valence-electron chi connectivity index (χ4n) is 4.82. The molecule has 1 fully saturated rings. The minimum absolute atomic E-state index is 0.225. The van der Waals surface area contributed by atoms with Crippen molar-refractivity contribution in [1.29, 1.82) is 0 Å². The van der Waals surface area contributed by atoms with Gasteiger partial charge in [-0.25, -0.2) is 23.5 Å². The summed E-state index contributed by atoms with van der Waals surface area (Å²) in [5.41, 5.74) is 2.80. The standard InChI is InChI=1S/C28H29ClF2N4O3/c29-21-4-3-20-8-12-35(25(20)17-21)27-23-18-22(5-6-24(23)32-19-33-27)38-26(36)7-10-28(30,31)9-1-2-11-34-13-15-37-16-14-34/h3-7,10,17-19H,1-2,8-9,11-16H2. The molecule has 200 valence electrons. The fraction of sp³-hybridized carbons (Fsp3) is 0.393. The molecule has 2 aliphatic rings. The van der Waals surface area contributed by atoms with Crippen LogP contribution in [0.1, 0.15) is 24.8 Å². The lowest BCUT2D eigenvalue weighted by Gasteiger charge is -2.26. The SMILES string of the molecule is O=C(C=CC(F)(F)CCCCN1CCOCC1)Oc1ccc2ncnc(N3CCc4ccc(Cl)cc43)c2c1. The molecule has 3 aromatic rings. The van der Waals surface area contributed by atoms with Crippen LogP contribution in [0, 0.1) is 0 Å². The van der Waals surface area contributed by atoms with E-state index >= 15 is 0 Å². The Morgan fingerprint density at radius 3 is 2.79 bits per heavy atom. The van der Waals surface area contributed by atoms with Crippen LogP contribution in [-0.2, 0) is 16.0 Å². The summed E-state index contributed by atoms with van der Waals surface area (Å²) in [7, 11) is 0. The molecule has 0 N–H and O–H groups in total. The van der Waals surface area contributed by atoms with Gasteiger partial charge in [0.05, 0.1) is 18.7 Å². The molecule has 0 saturated carbocycles. The van der Waals surface area contributed by atoms with Gasteiger partial charge < -0.3 is 14.4 Å². The first kappa shape index (κ1) is 26.5. The lowest BCUT2D eigenvalue weighted by Crippen LogP contribution is -2.36. The number of morpholine rings is 1. The zero-order valence-corrected chi connectivity index (χ0v) is 21.7. The summed E-state index contributed by atoms with van der Waals surface area (Å²) in [6.45, 7) is 4.54. The van der Waals surface area contributed by atoms with Gasteiger partial charge in [-0.2, -0.15) is 0 Å². The van der Waals surface area contributed by atoms with Crippen molar-refractivity contribution in [2.24, 2.45) is 0 Å². The number of hydrogen-bond acceptors (Lipinski definition) is 7. The summed E-state index contributed by atoms with van der Waals surface area (Å²) in [4.78, 5) is 25.4. The first-order chi connectivity index (χ1) is 18.4. The molecule has 1 saturated heterocycles. The van der Waals surface area contributed by atoms with Crippen LogP contribution in [0.2, 0.25) is 5.02 Å². The van der Waals surface area contributed by atoms with E-state index in [0.717, 1.165) is 49.9 Å². The Hall–Kier alpha value is -3.14. The Morgan fingerprint density at radius 2 is 1.95 bits per heavy atom. The summed E-state index contributed by atoms with van der Waals surface area (Å²) in [6.07, 6.45) is 4.47. The number of carbonyl (C=O) groups is 1. The molecule has 3 heterocycles. The molecule has 10 heteroatoms. The van der Waals surface area contributed by atoms with Crippen molar-refractivity contribution < 1.29 is 23.0 Å². The molecule has 38 heavy (non-hydrogen) atoms. The number of nitrogens with zero attached hydrogens (tertiary/aromatic N) is 4. The smallest absolute Gasteiger partial charge is 0.336 e. The topological polar surface area (TPSA) is 67.8 Å². The number of alkyl halides is 2. The van der Waals surface area contributed by atoms with Gasteiger partial charge >= 0.3 is 5.97 Å². The van der Waals surface area contributed by atoms with Crippen LogP contribution >= 0.6 is 11.6 Å². The third-order valence-electron chi connectivity index (χ3n) is 6.80. The molecule has 0 spiro atoms. The second-order valence-electron chi connectivity index (χ2n) is 9.48. The molecule has 2 aliphatic heterocycles. The quantitative estimate of drug-likeness (QED) is 0.151. The zero-order valence-electron chi connectivity index (χ0n) is 20.9. The summed E-state index contributed by atoms with van der Waals surface area (Å²) in [5, 5.41) is 1.31. The molecular weight excluding hydrogens is 514 g/mol. The lowest BCUT2D eigenvalue weighted by molar-refractivity contribution is -0.129. The first-order valence-electron chi connectivity index (χ1n) is 12.8. The first-order valence-corrected chi connectivity index (χ1v) is 13.2. The van der Waals surface area contributed by atoms with E-state index in [0.29, 0.717) is 53.9 Å². The van der Waals surface area contributed by atoms with Crippen molar-refractivity contribution in [3.05, 3.63) is 65.5 Å². The predicted molar refractivity (Wildman–Crippen MR) is 143 cm³/mol. The summed E-state index contributed by atoms with van der Waals surface area (Å²) < 4.78 is 39.3. The van der Waals surface area contributed by atoms with Crippen molar-refractivity contribution >= 4 is 40.0 Å². The second-order valence-corrected chi connectivity index (χ2v) is 9.91. The molecule has 2 aromatic carbocycles. The van der Waals surface area contributed by atoms with E-state index in [9.17, 15) is 13.6 Å². The van der Waals surface area contributed by atoms with E-state index in [4.69, 9.17) is 21.1 Å². The van der Waals surface area contributed by atoms with E-state index in [2.05, 4.69) is 19.8 Å². The number of anilines is 2. The molecule has 0 bridgehead atoms. The molecule has 0 atom stereocenters. The van der Waals surface area contributed by atoms with Gasteiger partial charge in [0, 0.05) is 48.2 Å². The lowest BCUT2D eigenvalue weighted by atomic mass is 10.1. The zero-order chi connectivity index (χ0) is 26.5. The van der Waals surface area contributed by atoms with Crippen LogP contribution in [0.3, 0.4) is 0 Å². The van der Waals surface area contributed by atoms with E-state index in [1.165, 1.54) is 6.33 Å². The van der Waals surface area contributed by atoms with Crippen LogP contribution in [0.4, 0.5) is 20.3 Å². The fourth-order valence-corrected chi connectivity index (χ4v) is 4.98. The van der Waals surface area contributed by atoms with Crippen LogP contribution in [0.25, 0.3) is 10.9 Å². The third kappa shape index (κ3) is 6.46. The Bertz CT molecular complexity index is 1330. The van der Waals surface area contributed by atoms with Gasteiger partial charge in [-0.3, -0.25) is 4.90 Å². The monoisotopic (exact) mass is 542 g/mol. The maximum atomic E-state index is 14.3. The number of allylic oxidation sites excluding steroid dienone is 1. The third-order valence-corrected chi connectivity index (χ3v) is 7.04. The highest BCUT2D eigenvalue weighted by Crippen LogP contribution is 2.38. The van der Waals surface area contributed by atoms with E-state index in [-0.39, 0.29) is 12.2 Å². The van der Waals surface area contributed by atoms with Crippen LogP contribution in [0.5, 0.6) is 5.75 Å². The maximum absolute atomic E-state index is 14.3. The van der Waals surface area contributed by atoms with Crippen LogP contribution < -0.4 is 9.64 Å². The number of hydrogen-bond donors (Lipinski definition) is 0. The average molecular weight is 543 g/mol. The number of fused-ring (bicyclic) bond motifs is 2. The number of aromatic nitrogens is 2. The number of unbranched alkanes of at least 4 members (excludes halogenated alkanes) is 1. The minimum Gasteiger partial charge on any atom is -0.423 e. The van der Waals surface area contributed by atoms with Crippen LogP contribution in [-0.4, -0.2) is 66.2 Å². The Balaban J connectivity index is 1.22. The Kier molecular flexibility index (Phi) is 8.16. The highest BCUT2D eigenvalue weighted by molar-refractivity contribution is 6.31. The molecule has 0 amide bonds. The van der Waals surface area contributed by atoms with E-state index < -0.39 is 11.9 Å². The van der Waals surface area contributed by atoms with Crippen molar-refractivity contribution in [2.45, 2.75) is 31.6 Å². The van der Waals surface area contributed by atoms with Crippen molar-refractivity contribution in [3.63, 3.8) is 0 Å². The normalized spacial score (nSPS) is 16.3. The predicted octanol–water partition coefficient (Wildman–Crippen LogP) is 5.58. The Morgan fingerprint density at radius 1 is 1.11 bits per heavy atom. The number of benzene rings is 2. The largest absolute Gasteiger partial charge is 0.423 e. The molecule has 0 unspecified atom stereocenters. The van der Waals surface area contributed by atoms with Gasteiger partial charge in [0.15, 0.2) is 0 Å². The number of esters is 1. The van der Waals surface area contributed by atoms with E-state index in [1.807, 2.05) is 18.2 Å². The minimum atomic E-state index is -3.08. The molecule has 0 radical (unpaired) electrons. The highest BCUT2D eigenvalue weighted by atomic mass is 35.5. The number of halogens is 3. The number of rotatable bonds is 9. The molecule has 0 aliphatic carbocycles. The van der Waals surface area contributed by atoms with Crippen molar-refractivity contribution in [3.8, 4) is 5.75 Å². The van der Waals surface area contributed by atoms with Gasteiger partial charge in [0.2, 0.25) is 0 Å². The molecule has 1 aromatic heterocycles. The van der Waals surface area contributed by atoms with Crippen molar-refractivity contribution in [1.82, 2.24) is 14.9 Å². The summed E-state index contributed by atoms with van der Waals surface area (Å²) in [6, 6.07) is 10.7. The van der Waals surface area contributed by atoms with Crippen LogP contribution in [0.15, 0.2) is 54.9 Å². The maximum Gasteiger partial charge on any atom is 0.336 e. The molecule has 5 rings (SSSR count). The molecule has 7 nitrogen and oxygen atoms in total.